The number of amides is 1. The fourth-order valence-corrected chi connectivity index (χ4v) is 4.22. The van der Waals surface area contributed by atoms with Gasteiger partial charge in [-0.2, -0.15) is 0 Å². The van der Waals surface area contributed by atoms with Gasteiger partial charge in [0.1, 0.15) is 0 Å². The summed E-state index contributed by atoms with van der Waals surface area (Å²) >= 11 is 0. The van der Waals surface area contributed by atoms with E-state index in [0.29, 0.717) is 0 Å². The number of rotatable bonds is 3. The highest BCUT2D eigenvalue weighted by atomic mass is 16.2. The number of nitrogens with zero attached hydrogens (tertiary/aromatic N) is 1. The molecule has 0 radical (unpaired) electrons. The van der Waals surface area contributed by atoms with E-state index in [4.69, 9.17) is 0 Å². The first-order valence-corrected chi connectivity index (χ1v) is 8.04. The maximum Gasteiger partial charge on any atom is 0.223 e. The number of benzene rings is 1. The Kier molecular flexibility index (Phi) is 3.02. The molecule has 1 heterocycles. The van der Waals surface area contributed by atoms with E-state index in [2.05, 4.69) is 35.7 Å². The van der Waals surface area contributed by atoms with E-state index < -0.39 is 0 Å². The summed E-state index contributed by atoms with van der Waals surface area (Å²) in [7, 11) is 0. The van der Waals surface area contributed by atoms with Crippen molar-refractivity contribution in [3.8, 4) is 0 Å². The zero-order valence-corrected chi connectivity index (χ0v) is 12.5. The van der Waals surface area contributed by atoms with E-state index in [-0.39, 0.29) is 5.91 Å². The summed E-state index contributed by atoms with van der Waals surface area (Å²) in [5.74, 6) is 2.57. The number of anilines is 2. The monoisotopic (exact) mass is 282 g/mol. The molecule has 1 N–H and O–H groups in total. The second-order valence-electron chi connectivity index (χ2n) is 6.69. The van der Waals surface area contributed by atoms with E-state index in [9.17, 15) is 4.79 Å². The van der Waals surface area contributed by atoms with Crippen molar-refractivity contribution >= 4 is 17.3 Å². The summed E-state index contributed by atoms with van der Waals surface area (Å²) in [4.78, 5) is 13.4. The van der Waals surface area contributed by atoms with Crippen molar-refractivity contribution in [2.75, 3.05) is 23.3 Å². The predicted molar refractivity (Wildman–Crippen MR) is 85.5 cm³/mol. The molecule has 3 heteroatoms. The van der Waals surface area contributed by atoms with Crippen LogP contribution in [-0.2, 0) is 11.2 Å². The Morgan fingerprint density at radius 3 is 2.95 bits per heavy atom. The first-order valence-electron chi connectivity index (χ1n) is 8.04. The molecule has 1 fully saturated rings. The molecule has 1 aromatic rings. The van der Waals surface area contributed by atoms with Gasteiger partial charge in [-0.3, -0.25) is 4.79 Å². The van der Waals surface area contributed by atoms with E-state index in [1.165, 1.54) is 24.1 Å². The highest BCUT2D eigenvalue weighted by Gasteiger charge is 2.35. The van der Waals surface area contributed by atoms with Gasteiger partial charge in [-0.15, -0.1) is 0 Å². The molecule has 1 amide bonds. The number of carbonyl (C=O) groups is 1. The van der Waals surface area contributed by atoms with Gasteiger partial charge in [-0.1, -0.05) is 12.2 Å². The number of nitrogens with one attached hydrogen (secondary N) is 1. The van der Waals surface area contributed by atoms with Crippen molar-refractivity contribution in [1.29, 1.82) is 0 Å². The molecule has 110 valence electrons. The largest absolute Gasteiger partial charge is 0.385 e. The molecule has 0 saturated heterocycles. The van der Waals surface area contributed by atoms with Gasteiger partial charge in [0, 0.05) is 31.4 Å². The Hall–Kier alpha value is -1.77. The first kappa shape index (κ1) is 12.9. The van der Waals surface area contributed by atoms with E-state index in [0.717, 1.165) is 43.0 Å². The summed E-state index contributed by atoms with van der Waals surface area (Å²) in [6.07, 6.45) is 8.49. The van der Waals surface area contributed by atoms with E-state index in [1.54, 1.807) is 6.92 Å². The fraction of sp³-hybridized carbons (Fsp3) is 0.500. The Morgan fingerprint density at radius 2 is 2.24 bits per heavy atom. The number of allylic oxidation sites excluding steroid dienone is 2. The standard InChI is InChI=1S/C18H22N2O/c1-12(21)20-7-6-15-10-17(4-5-18(15)20)19-11-16-9-13-2-3-14(16)8-13/h2-5,10,13-14,16,19H,6-9,11H2,1H3. The molecule has 1 aromatic carbocycles. The van der Waals surface area contributed by atoms with Crippen molar-refractivity contribution in [3.05, 3.63) is 35.9 Å². The molecule has 3 unspecified atom stereocenters. The lowest BCUT2D eigenvalue weighted by molar-refractivity contribution is -0.116. The Morgan fingerprint density at radius 1 is 1.33 bits per heavy atom. The van der Waals surface area contributed by atoms with Crippen molar-refractivity contribution in [2.45, 2.75) is 26.2 Å². The van der Waals surface area contributed by atoms with Crippen LogP contribution in [0, 0.1) is 17.8 Å². The Labute approximate surface area is 126 Å². The average molecular weight is 282 g/mol. The minimum atomic E-state index is 0.142. The van der Waals surface area contributed by atoms with Crippen LogP contribution in [0.25, 0.3) is 0 Å². The van der Waals surface area contributed by atoms with Crippen molar-refractivity contribution in [1.82, 2.24) is 0 Å². The van der Waals surface area contributed by atoms with Crippen LogP contribution in [0.3, 0.4) is 0 Å². The molecule has 2 bridgehead atoms. The highest BCUT2D eigenvalue weighted by Crippen LogP contribution is 2.43. The van der Waals surface area contributed by atoms with Crippen LogP contribution in [0.5, 0.6) is 0 Å². The molecule has 21 heavy (non-hydrogen) atoms. The third-order valence-electron chi connectivity index (χ3n) is 5.34. The molecular weight excluding hydrogens is 260 g/mol. The zero-order valence-electron chi connectivity index (χ0n) is 12.5. The van der Waals surface area contributed by atoms with Crippen LogP contribution in [0.15, 0.2) is 30.4 Å². The number of hydrogen-bond donors (Lipinski definition) is 1. The van der Waals surface area contributed by atoms with Gasteiger partial charge in [0.15, 0.2) is 0 Å². The molecule has 3 atom stereocenters. The average Bonchev–Trinajstić information content (AvgIpc) is 3.18. The van der Waals surface area contributed by atoms with Gasteiger partial charge in [0.25, 0.3) is 0 Å². The SMILES string of the molecule is CC(=O)N1CCc2cc(NCC3CC4C=CC3C4)ccc21. The third-order valence-corrected chi connectivity index (χ3v) is 5.34. The normalized spacial score (nSPS) is 29.0. The zero-order chi connectivity index (χ0) is 14.4. The molecule has 3 aliphatic rings. The quantitative estimate of drug-likeness (QED) is 0.863. The van der Waals surface area contributed by atoms with Gasteiger partial charge in [0.05, 0.1) is 0 Å². The summed E-state index contributed by atoms with van der Waals surface area (Å²) < 4.78 is 0. The lowest BCUT2D eigenvalue weighted by atomic mass is 9.93. The molecule has 4 rings (SSSR count). The minimum absolute atomic E-state index is 0.142. The lowest BCUT2D eigenvalue weighted by Crippen LogP contribution is -2.25. The van der Waals surface area contributed by atoms with Gasteiger partial charge in [0.2, 0.25) is 5.91 Å². The first-order chi connectivity index (χ1) is 10.2. The van der Waals surface area contributed by atoms with Crippen LogP contribution in [0.4, 0.5) is 11.4 Å². The smallest absolute Gasteiger partial charge is 0.223 e. The molecular formula is C18H22N2O. The third kappa shape index (κ3) is 2.25. The molecule has 1 aliphatic heterocycles. The summed E-state index contributed by atoms with van der Waals surface area (Å²) in [5.41, 5.74) is 3.59. The highest BCUT2D eigenvalue weighted by molar-refractivity contribution is 5.94. The van der Waals surface area contributed by atoms with Crippen LogP contribution in [0.1, 0.15) is 25.3 Å². The number of carbonyl (C=O) groups excluding carboxylic acids is 1. The topological polar surface area (TPSA) is 32.3 Å². The Bertz CT molecular complexity index is 607. The maximum atomic E-state index is 11.6. The van der Waals surface area contributed by atoms with Crippen molar-refractivity contribution < 1.29 is 4.79 Å². The van der Waals surface area contributed by atoms with Gasteiger partial charge < -0.3 is 10.2 Å². The van der Waals surface area contributed by atoms with Crippen LogP contribution < -0.4 is 10.2 Å². The Balaban J connectivity index is 1.43. The van der Waals surface area contributed by atoms with Crippen LogP contribution in [0.2, 0.25) is 0 Å². The minimum Gasteiger partial charge on any atom is -0.385 e. The molecule has 0 spiro atoms. The molecule has 2 aliphatic carbocycles. The lowest BCUT2D eigenvalue weighted by Gasteiger charge is -2.20. The molecule has 3 nitrogen and oxygen atoms in total. The molecule has 0 aromatic heterocycles. The second kappa shape index (κ2) is 4.90. The fourth-order valence-electron chi connectivity index (χ4n) is 4.22. The summed E-state index contributed by atoms with van der Waals surface area (Å²) in [5, 5.41) is 3.61. The predicted octanol–water partition coefficient (Wildman–Crippen LogP) is 3.22. The van der Waals surface area contributed by atoms with E-state index >= 15 is 0 Å². The van der Waals surface area contributed by atoms with Crippen molar-refractivity contribution in [3.63, 3.8) is 0 Å². The second-order valence-corrected chi connectivity index (χ2v) is 6.69. The molecule has 1 saturated carbocycles. The number of hydrogen-bond acceptors (Lipinski definition) is 2. The van der Waals surface area contributed by atoms with Crippen molar-refractivity contribution in [2.24, 2.45) is 17.8 Å². The number of fused-ring (bicyclic) bond motifs is 3. The van der Waals surface area contributed by atoms with Crippen LogP contribution >= 0.6 is 0 Å². The summed E-state index contributed by atoms with van der Waals surface area (Å²) in [6, 6.07) is 6.43. The van der Waals surface area contributed by atoms with Gasteiger partial charge in [-0.25, -0.2) is 0 Å². The van der Waals surface area contributed by atoms with E-state index in [1.807, 2.05) is 4.90 Å². The summed E-state index contributed by atoms with van der Waals surface area (Å²) in [6.45, 7) is 3.54. The van der Waals surface area contributed by atoms with Gasteiger partial charge >= 0.3 is 0 Å². The maximum absolute atomic E-state index is 11.6. The van der Waals surface area contributed by atoms with Crippen LogP contribution in [-0.4, -0.2) is 19.0 Å². The van der Waals surface area contributed by atoms with Gasteiger partial charge in [-0.05, 0) is 60.8 Å².